The maximum atomic E-state index is 13.1. The van der Waals surface area contributed by atoms with Crippen molar-refractivity contribution < 1.29 is 17.9 Å². The molecule has 0 bridgehead atoms. The lowest BCUT2D eigenvalue weighted by molar-refractivity contribution is -0.145. The number of nitrogens with two attached hydrogens (primary N) is 1. The summed E-state index contributed by atoms with van der Waals surface area (Å²) in [6.45, 7) is 3.72. The molecule has 0 amide bonds. The number of ether oxygens (including phenoxy) is 1. The molecule has 0 radical (unpaired) electrons. The second-order valence-electron chi connectivity index (χ2n) is 6.46. The van der Waals surface area contributed by atoms with Crippen LogP contribution < -0.4 is 5.73 Å². The van der Waals surface area contributed by atoms with E-state index in [1.54, 1.807) is 19.1 Å². The van der Waals surface area contributed by atoms with Gasteiger partial charge in [-0.3, -0.25) is 0 Å². The Balaban J connectivity index is 2.06. The maximum Gasteiger partial charge on any atom is 0.328 e. The topological polar surface area (TPSA) is 86.5 Å². The maximum absolute atomic E-state index is 13.1. The van der Waals surface area contributed by atoms with Crippen LogP contribution in [0, 0.1) is 6.92 Å². The Morgan fingerprint density at radius 1 is 1.15 bits per heavy atom. The van der Waals surface area contributed by atoms with Crippen LogP contribution in [-0.4, -0.2) is 31.8 Å². The van der Waals surface area contributed by atoms with Crippen molar-refractivity contribution in [2.45, 2.75) is 35.4 Å². The van der Waals surface area contributed by atoms with Gasteiger partial charge in [0, 0.05) is 10.9 Å². The third kappa shape index (κ3) is 3.02. The summed E-state index contributed by atoms with van der Waals surface area (Å²) in [5.41, 5.74) is 6.44. The highest BCUT2D eigenvalue weighted by Crippen LogP contribution is 2.56. The molecule has 2 aromatic rings. The molecular formula is C19H20ClNO4S. The van der Waals surface area contributed by atoms with Gasteiger partial charge in [0.2, 0.25) is 0 Å². The zero-order valence-corrected chi connectivity index (χ0v) is 16.0. The molecule has 26 heavy (non-hydrogen) atoms. The van der Waals surface area contributed by atoms with Gasteiger partial charge in [0.25, 0.3) is 0 Å². The summed E-state index contributed by atoms with van der Waals surface area (Å²) < 4.78 is 31.4. The molecule has 138 valence electrons. The van der Waals surface area contributed by atoms with Crippen LogP contribution in [0.2, 0.25) is 5.02 Å². The highest BCUT2D eigenvalue weighted by Gasteiger charge is 2.74. The number of rotatable bonds is 5. The number of benzene rings is 2. The molecule has 2 aromatic carbocycles. The highest BCUT2D eigenvalue weighted by molar-refractivity contribution is 7.92. The highest BCUT2D eigenvalue weighted by atomic mass is 35.5. The van der Waals surface area contributed by atoms with Crippen molar-refractivity contribution in [1.82, 2.24) is 0 Å². The van der Waals surface area contributed by atoms with E-state index in [1.807, 2.05) is 19.1 Å². The van der Waals surface area contributed by atoms with E-state index in [2.05, 4.69) is 0 Å². The van der Waals surface area contributed by atoms with Gasteiger partial charge in [0.1, 0.15) is 10.8 Å². The van der Waals surface area contributed by atoms with E-state index in [0.29, 0.717) is 10.6 Å². The number of esters is 1. The largest absolute Gasteiger partial charge is 0.465 e. The Hall–Kier alpha value is -1.89. The first-order valence-electron chi connectivity index (χ1n) is 8.25. The first kappa shape index (κ1) is 18.9. The quantitative estimate of drug-likeness (QED) is 0.789. The third-order valence-corrected chi connectivity index (χ3v) is 7.23. The van der Waals surface area contributed by atoms with Crippen molar-refractivity contribution in [2.75, 3.05) is 6.61 Å². The molecule has 0 aliphatic heterocycles. The molecule has 1 aliphatic rings. The van der Waals surface area contributed by atoms with E-state index in [4.69, 9.17) is 22.1 Å². The number of hydrogen-bond donors (Lipinski definition) is 1. The van der Waals surface area contributed by atoms with Crippen LogP contribution in [0.4, 0.5) is 0 Å². The second-order valence-corrected chi connectivity index (χ2v) is 8.97. The molecule has 0 unspecified atom stereocenters. The summed E-state index contributed by atoms with van der Waals surface area (Å²) in [7, 11) is -3.85. The molecular weight excluding hydrogens is 374 g/mol. The van der Waals surface area contributed by atoms with Gasteiger partial charge in [-0.1, -0.05) is 41.4 Å². The van der Waals surface area contributed by atoms with E-state index >= 15 is 0 Å². The van der Waals surface area contributed by atoms with Crippen molar-refractivity contribution in [3.05, 3.63) is 64.7 Å². The molecule has 2 N–H and O–H groups in total. The van der Waals surface area contributed by atoms with Crippen LogP contribution in [0.5, 0.6) is 0 Å². The molecule has 1 saturated carbocycles. The zero-order valence-electron chi connectivity index (χ0n) is 14.5. The summed E-state index contributed by atoms with van der Waals surface area (Å²) in [6.07, 6.45) is 0. The number of halogens is 1. The van der Waals surface area contributed by atoms with Gasteiger partial charge < -0.3 is 10.5 Å². The van der Waals surface area contributed by atoms with Crippen molar-refractivity contribution in [3.8, 4) is 0 Å². The van der Waals surface area contributed by atoms with Gasteiger partial charge >= 0.3 is 5.97 Å². The molecule has 0 aromatic heterocycles. The Bertz CT molecular complexity index is 925. The summed E-state index contributed by atoms with van der Waals surface area (Å²) in [4.78, 5) is 12.6. The Morgan fingerprint density at radius 3 is 2.27 bits per heavy atom. The van der Waals surface area contributed by atoms with E-state index < -0.39 is 32.5 Å². The average molecular weight is 394 g/mol. The van der Waals surface area contributed by atoms with Gasteiger partial charge in [0.15, 0.2) is 9.84 Å². The summed E-state index contributed by atoms with van der Waals surface area (Å²) in [6, 6.07) is 13.2. The van der Waals surface area contributed by atoms with E-state index in [0.717, 1.165) is 5.56 Å². The fraction of sp³-hybridized carbons (Fsp3) is 0.316. The molecule has 5 nitrogen and oxygen atoms in total. The van der Waals surface area contributed by atoms with E-state index in [-0.39, 0.29) is 11.5 Å². The van der Waals surface area contributed by atoms with Crippen LogP contribution in [-0.2, 0) is 19.4 Å². The molecule has 3 rings (SSSR count). The lowest BCUT2D eigenvalue weighted by Gasteiger charge is -2.11. The normalized spacial score (nSPS) is 24.9. The lowest BCUT2D eigenvalue weighted by Crippen LogP contribution is -2.41. The fourth-order valence-corrected chi connectivity index (χ4v) is 5.66. The van der Waals surface area contributed by atoms with Crippen molar-refractivity contribution in [1.29, 1.82) is 0 Å². The monoisotopic (exact) mass is 393 g/mol. The predicted octanol–water partition coefficient (Wildman–Crippen LogP) is 2.85. The standard InChI is InChI=1S/C19H20ClNO4S/c1-3-25-18(22)19(21)16(13-6-4-12(2)5-7-13)17(19)26(23,24)15-10-8-14(20)9-11-15/h4-11,16-17H,3,21H2,1-2H3/t16-,17+,19-/m1/s1. The van der Waals surface area contributed by atoms with Crippen LogP contribution in [0.15, 0.2) is 53.4 Å². The van der Waals surface area contributed by atoms with E-state index in [1.165, 1.54) is 24.3 Å². The van der Waals surface area contributed by atoms with Crippen LogP contribution in [0.25, 0.3) is 0 Å². The Labute approximate surface area is 158 Å². The predicted molar refractivity (Wildman–Crippen MR) is 99.9 cm³/mol. The molecule has 1 aliphatic carbocycles. The molecule has 0 saturated heterocycles. The number of hydrogen-bond acceptors (Lipinski definition) is 5. The second kappa shape index (κ2) is 6.68. The SMILES string of the molecule is CCOC(=O)[C@@]1(N)[C@H](c2ccc(C)cc2)[C@@H]1S(=O)(=O)c1ccc(Cl)cc1. The zero-order chi connectivity index (χ0) is 19.1. The minimum absolute atomic E-state index is 0.0839. The summed E-state index contributed by atoms with van der Waals surface area (Å²) in [5, 5.41) is -0.655. The molecule has 0 spiro atoms. The summed E-state index contributed by atoms with van der Waals surface area (Å²) >= 11 is 5.85. The number of carbonyl (C=O) groups is 1. The van der Waals surface area contributed by atoms with Gasteiger partial charge in [-0.15, -0.1) is 0 Å². The smallest absolute Gasteiger partial charge is 0.328 e. The van der Waals surface area contributed by atoms with Crippen molar-refractivity contribution in [2.24, 2.45) is 5.73 Å². The minimum Gasteiger partial charge on any atom is -0.465 e. The fourth-order valence-electron chi connectivity index (χ4n) is 3.30. The van der Waals surface area contributed by atoms with E-state index in [9.17, 15) is 13.2 Å². The van der Waals surface area contributed by atoms with Crippen LogP contribution >= 0.6 is 11.6 Å². The first-order chi connectivity index (χ1) is 12.2. The van der Waals surface area contributed by atoms with Gasteiger partial charge in [-0.2, -0.15) is 0 Å². The van der Waals surface area contributed by atoms with Crippen molar-refractivity contribution in [3.63, 3.8) is 0 Å². The number of sulfone groups is 1. The molecule has 7 heteroatoms. The van der Waals surface area contributed by atoms with Crippen LogP contribution in [0.3, 0.4) is 0 Å². The van der Waals surface area contributed by atoms with Crippen molar-refractivity contribution >= 4 is 27.4 Å². The Kier molecular flexibility index (Phi) is 4.86. The number of aryl methyl sites for hydroxylation is 1. The molecule has 1 fully saturated rings. The average Bonchev–Trinajstić information content (AvgIpc) is 3.25. The van der Waals surface area contributed by atoms with Gasteiger partial charge in [0.05, 0.1) is 11.5 Å². The summed E-state index contributed by atoms with van der Waals surface area (Å²) in [5.74, 6) is -1.36. The minimum atomic E-state index is -3.85. The third-order valence-electron chi connectivity index (χ3n) is 4.72. The molecule has 0 heterocycles. The van der Waals surface area contributed by atoms with Gasteiger partial charge in [-0.05, 0) is 43.7 Å². The van der Waals surface area contributed by atoms with Gasteiger partial charge in [-0.25, -0.2) is 13.2 Å². The number of carbonyl (C=O) groups excluding carboxylic acids is 1. The Morgan fingerprint density at radius 2 is 1.73 bits per heavy atom. The lowest BCUT2D eigenvalue weighted by atomic mass is 10.1. The first-order valence-corrected chi connectivity index (χ1v) is 10.2. The molecule has 3 atom stereocenters. The van der Waals surface area contributed by atoms with Crippen LogP contribution in [0.1, 0.15) is 24.0 Å².